The van der Waals surface area contributed by atoms with E-state index in [4.69, 9.17) is 0 Å². The Bertz CT molecular complexity index is 1520. The van der Waals surface area contributed by atoms with Gasteiger partial charge in [0, 0.05) is 44.8 Å². The van der Waals surface area contributed by atoms with Gasteiger partial charge in [0.25, 0.3) is 11.1 Å². The Hall–Kier alpha value is -3.90. The second kappa shape index (κ2) is 8.56. The van der Waals surface area contributed by atoms with Gasteiger partial charge < -0.3 is 10.2 Å². The predicted molar refractivity (Wildman–Crippen MR) is 129 cm³/mol. The van der Waals surface area contributed by atoms with Crippen molar-refractivity contribution >= 4 is 27.9 Å². The molecule has 3 aromatic heterocycles. The fraction of sp³-hybridized carbons (Fsp3) is 0.333. The molecular weight excluding hydrogens is 418 g/mol. The minimum Gasteiger partial charge on any atom is -0.340 e. The highest BCUT2D eigenvalue weighted by atomic mass is 16.2. The lowest BCUT2D eigenvalue weighted by Crippen LogP contribution is -2.44. The fourth-order valence-corrected chi connectivity index (χ4v) is 4.37. The van der Waals surface area contributed by atoms with Gasteiger partial charge in [0.1, 0.15) is 5.52 Å². The third-order valence-electron chi connectivity index (χ3n) is 6.12. The van der Waals surface area contributed by atoms with Crippen LogP contribution < -0.4 is 21.3 Å². The predicted octanol–water partition coefficient (Wildman–Crippen LogP) is 0.926. The van der Waals surface area contributed by atoms with Gasteiger partial charge in [-0.05, 0) is 24.6 Å². The van der Waals surface area contributed by atoms with Gasteiger partial charge in [0.05, 0.1) is 18.6 Å². The highest BCUT2D eigenvalue weighted by Crippen LogP contribution is 2.20. The lowest BCUT2D eigenvalue weighted by molar-refractivity contribution is 0.503. The van der Waals surface area contributed by atoms with Gasteiger partial charge in [-0.15, -0.1) is 5.92 Å². The van der Waals surface area contributed by atoms with E-state index in [9.17, 15) is 9.59 Å². The molecule has 0 saturated carbocycles. The van der Waals surface area contributed by atoms with E-state index in [1.54, 1.807) is 24.7 Å². The molecule has 168 valence electrons. The molecule has 0 unspecified atom stereocenters. The van der Waals surface area contributed by atoms with E-state index in [1.165, 1.54) is 9.36 Å². The van der Waals surface area contributed by atoms with Gasteiger partial charge in [-0.2, -0.15) is 0 Å². The zero-order valence-corrected chi connectivity index (χ0v) is 18.7. The summed E-state index contributed by atoms with van der Waals surface area (Å²) in [5, 5.41) is 4.27. The minimum atomic E-state index is -0.303. The largest absolute Gasteiger partial charge is 0.340 e. The molecule has 1 aliphatic heterocycles. The van der Waals surface area contributed by atoms with E-state index in [-0.39, 0.29) is 23.2 Å². The number of fused-ring (bicyclic) bond motifs is 2. The highest BCUT2D eigenvalue weighted by Gasteiger charge is 2.24. The molecule has 0 bridgehead atoms. The van der Waals surface area contributed by atoms with Gasteiger partial charge in [-0.1, -0.05) is 24.1 Å². The number of hydrogen-bond acceptors (Lipinski definition) is 6. The molecule has 9 heteroatoms. The van der Waals surface area contributed by atoms with Gasteiger partial charge >= 0.3 is 0 Å². The molecule has 0 atom stereocenters. The van der Waals surface area contributed by atoms with E-state index in [1.807, 2.05) is 30.3 Å². The quantitative estimate of drug-likeness (QED) is 0.472. The van der Waals surface area contributed by atoms with Crippen molar-refractivity contribution in [1.82, 2.24) is 29.2 Å². The summed E-state index contributed by atoms with van der Waals surface area (Å²) in [5.41, 5.74) is 1.68. The summed E-state index contributed by atoms with van der Waals surface area (Å²) < 4.78 is 4.64. The topological polar surface area (TPSA) is 90.0 Å². The number of nitrogens with zero attached hydrogens (tertiary/aromatic N) is 6. The summed E-state index contributed by atoms with van der Waals surface area (Å²) in [6.45, 7) is 5.44. The molecule has 1 saturated heterocycles. The van der Waals surface area contributed by atoms with Crippen molar-refractivity contribution in [2.75, 3.05) is 31.1 Å². The Labute approximate surface area is 190 Å². The van der Waals surface area contributed by atoms with Crippen LogP contribution in [0.5, 0.6) is 0 Å². The molecule has 0 radical (unpaired) electrons. The maximum atomic E-state index is 13.8. The van der Waals surface area contributed by atoms with Crippen LogP contribution in [0.2, 0.25) is 0 Å². The number of nitrogens with one attached hydrogen (secondary N) is 1. The Morgan fingerprint density at radius 1 is 1.09 bits per heavy atom. The van der Waals surface area contributed by atoms with Crippen molar-refractivity contribution in [3.8, 4) is 11.8 Å². The average Bonchev–Trinajstić information content (AvgIpc) is 3.24. The van der Waals surface area contributed by atoms with Crippen molar-refractivity contribution in [2.24, 2.45) is 7.05 Å². The first-order valence-corrected chi connectivity index (χ1v) is 11.0. The molecule has 0 aliphatic carbocycles. The van der Waals surface area contributed by atoms with Crippen molar-refractivity contribution in [3.63, 3.8) is 0 Å². The van der Waals surface area contributed by atoms with Crippen LogP contribution in [-0.4, -0.2) is 50.1 Å². The molecule has 5 rings (SSSR count). The van der Waals surface area contributed by atoms with Gasteiger partial charge in [-0.3, -0.25) is 19.1 Å². The lowest BCUT2D eigenvalue weighted by Gasteiger charge is -2.28. The summed E-state index contributed by atoms with van der Waals surface area (Å²) in [7, 11) is 1.61. The second-order valence-corrected chi connectivity index (χ2v) is 8.04. The molecule has 1 fully saturated rings. The molecule has 9 nitrogen and oxygen atoms in total. The van der Waals surface area contributed by atoms with E-state index < -0.39 is 0 Å². The molecule has 33 heavy (non-hydrogen) atoms. The fourth-order valence-electron chi connectivity index (χ4n) is 4.37. The first kappa shape index (κ1) is 21.0. The molecular formula is C24H25N7O2. The second-order valence-electron chi connectivity index (χ2n) is 8.04. The smallest absolute Gasteiger partial charge is 0.293 e. The van der Waals surface area contributed by atoms with Gasteiger partial charge in [0.2, 0.25) is 5.95 Å². The summed E-state index contributed by atoms with van der Waals surface area (Å²) in [4.78, 5) is 38.2. The maximum Gasteiger partial charge on any atom is 0.293 e. The van der Waals surface area contributed by atoms with Crippen LogP contribution in [0.1, 0.15) is 12.5 Å². The van der Waals surface area contributed by atoms with Crippen LogP contribution in [0.4, 0.5) is 5.95 Å². The number of hydrogen-bond donors (Lipinski definition) is 1. The first-order valence-electron chi connectivity index (χ1n) is 11.0. The molecule has 1 aliphatic rings. The van der Waals surface area contributed by atoms with Crippen LogP contribution in [0.3, 0.4) is 0 Å². The highest BCUT2D eigenvalue weighted by molar-refractivity contribution is 5.82. The van der Waals surface area contributed by atoms with E-state index in [2.05, 4.69) is 32.0 Å². The van der Waals surface area contributed by atoms with Crippen molar-refractivity contribution in [1.29, 1.82) is 0 Å². The van der Waals surface area contributed by atoms with E-state index in [0.29, 0.717) is 18.0 Å². The minimum absolute atomic E-state index is 0.185. The van der Waals surface area contributed by atoms with Crippen LogP contribution >= 0.6 is 0 Å². The number of aromatic nitrogens is 5. The van der Waals surface area contributed by atoms with Crippen LogP contribution in [-0.2, 0) is 20.1 Å². The molecule has 0 amide bonds. The Morgan fingerprint density at radius 2 is 1.88 bits per heavy atom. The summed E-state index contributed by atoms with van der Waals surface area (Å²) >= 11 is 0. The third-order valence-corrected chi connectivity index (χ3v) is 6.12. The van der Waals surface area contributed by atoms with Crippen molar-refractivity contribution in [2.45, 2.75) is 20.0 Å². The molecule has 1 aromatic carbocycles. The number of imidazole rings is 1. The van der Waals surface area contributed by atoms with Crippen LogP contribution in [0.15, 0.2) is 46.1 Å². The Kier molecular flexibility index (Phi) is 5.44. The maximum absolute atomic E-state index is 13.8. The zero-order valence-electron chi connectivity index (χ0n) is 18.7. The standard InChI is InChI=1S/C24H25N7O2/c1-3-4-13-30-21-20(27-24(30)29-14-11-25-12-15-29)22(32)28(2)31(23(21)33)16-17-9-10-26-19-8-6-5-7-18(17)19/h5-10,25H,11-16H2,1-2H3. The summed E-state index contributed by atoms with van der Waals surface area (Å²) in [6.07, 6.45) is 1.73. The lowest BCUT2D eigenvalue weighted by atomic mass is 10.1. The number of benzene rings is 1. The normalized spacial score (nSPS) is 13.9. The van der Waals surface area contributed by atoms with Gasteiger partial charge in [0.15, 0.2) is 5.52 Å². The number of para-hydroxylation sites is 1. The zero-order chi connectivity index (χ0) is 22.9. The van der Waals surface area contributed by atoms with Crippen LogP contribution in [0.25, 0.3) is 21.9 Å². The number of rotatable bonds is 4. The molecule has 0 spiro atoms. The number of anilines is 1. The summed E-state index contributed by atoms with van der Waals surface area (Å²) in [5.74, 6) is 6.56. The first-order chi connectivity index (χ1) is 16.1. The summed E-state index contributed by atoms with van der Waals surface area (Å²) in [6, 6.07) is 9.66. The van der Waals surface area contributed by atoms with E-state index >= 15 is 0 Å². The van der Waals surface area contributed by atoms with Gasteiger partial charge in [-0.25, -0.2) is 14.3 Å². The number of pyridine rings is 1. The van der Waals surface area contributed by atoms with E-state index in [0.717, 1.165) is 42.6 Å². The Balaban J connectivity index is 1.72. The van der Waals surface area contributed by atoms with Crippen molar-refractivity contribution in [3.05, 3.63) is 62.8 Å². The molecule has 1 N–H and O–H groups in total. The van der Waals surface area contributed by atoms with Crippen LogP contribution in [0, 0.1) is 11.8 Å². The third kappa shape index (κ3) is 3.58. The Morgan fingerprint density at radius 3 is 2.67 bits per heavy atom. The average molecular weight is 444 g/mol. The SMILES string of the molecule is CC#CCn1c(N2CCNCC2)nc2c(=O)n(C)n(Cc3ccnc4ccccc34)c(=O)c21. The monoisotopic (exact) mass is 443 g/mol. The van der Waals surface area contributed by atoms with Crippen molar-refractivity contribution < 1.29 is 0 Å². The number of piperazine rings is 1. The molecule has 4 aromatic rings. The molecule has 4 heterocycles.